The molecule has 0 spiro atoms. The molecule has 0 N–H and O–H groups in total. The fourth-order valence-electron chi connectivity index (χ4n) is 6.16. The molecule has 0 rings (SSSR count). The number of esters is 2. The zero-order valence-corrected chi connectivity index (χ0v) is 50.8. The highest BCUT2D eigenvalue weighted by Crippen LogP contribution is 2.27. The largest absolute Gasteiger partial charge is 0.459 e. The number of rotatable bonds is 40. The molecule has 0 saturated heterocycles. The summed E-state index contributed by atoms with van der Waals surface area (Å²) in [5.74, 6) is -0.885. The first-order valence-corrected chi connectivity index (χ1v) is 42.0. The van der Waals surface area contributed by atoms with Gasteiger partial charge in [-0.05, 0) is 130 Å². The van der Waals surface area contributed by atoms with Gasteiger partial charge in [-0.2, -0.15) is 0 Å². The molecule has 0 aliphatic heterocycles. The second-order valence-corrected chi connectivity index (χ2v) is 46.1. The normalized spacial score (nSPS) is 13.7. The number of carbonyl (C=O) groups is 2. The molecule has 392 valence electrons. The van der Waals surface area contributed by atoms with Gasteiger partial charge in [0, 0.05) is 38.6 Å². The van der Waals surface area contributed by atoms with Gasteiger partial charge in [-0.15, -0.1) is 0 Å². The van der Waals surface area contributed by atoms with E-state index >= 15 is 0 Å². The van der Waals surface area contributed by atoms with Gasteiger partial charge in [-0.3, -0.25) is 0 Å². The van der Waals surface area contributed by atoms with Crippen molar-refractivity contribution in [3.8, 4) is 0 Å². The minimum absolute atomic E-state index is 0.105. The van der Waals surface area contributed by atoms with Gasteiger partial charge in [-0.25, -0.2) is 9.59 Å². The van der Waals surface area contributed by atoms with Crippen LogP contribution >= 0.6 is 0 Å². The Balaban J connectivity index is 0. The average molecular weight is 1050 g/mol. The third-order valence-electron chi connectivity index (χ3n) is 8.03. The lowest BCUT2D eigenvalue weighted by atomic mass is 10.3. The quantitative estimate of drug-likeness (QED) is 0.0248. The Morgan fingerprint density at radius 3 is 1.12 bits per heavy atom. The van der Waals surface area contributed by atoms with Gasteiger partial charge in [0.1, 0.15) is 18.8 Å². The van der Waals surface area contributed by atoms with Crippen LogP contribution < -0.4 is 0 Å². The summed E-state index contributed by atoms with van der Waals surface area (Å²) in [6.45, 7) is 47.0. The summed E-state index contributed by atoms with van der Waals surface area (Å²) in [5, 5.41) is 0. The number of methoxy groups -OCH3 is 2. The molecule has 0 aromatic rings. The Morgan fingerprint density at radius 1 is 0.424 bits per heavy atom. The van der Waals surface area contributed by atoms with E-state index in [9.17, 15) is 9.59 Å². The van der Waals surface area contributed by atoms with Crippen molar-refractivity contribution in [1.29, 1.82) is 0 Å². The minimum Gasteiger partial charge on any atom is -0.459 e. The van der Waals surface area contributed by atoms with Crippen LogP contribution in [-0.2, 0) is 73.4 Å². The van der Waals surface area contributed by atoms with Crippen molar-refractivity contribution in [3.05, 3.63) is 24.3 Å². The van der Waals surface area contributed by atoms with Gasteiger partial charge < -0.3 is 63.8 Å². The standard InChI is InChI=1S/2C22H48O8Si3/c1-20(2)22(23)28-19-21(27-16-15-25-14-13-24-3)18-26-12-11-17-33(10,29-31(4,5)6)30-32(7,8)9;1-20(2)22(23)28-21(19-27-16-15-25-14-13-24-3)18-26-12-11-17-33(10,29-31(4,5)6)30-32(7,8)9/h2*21H,1,11-19H2,2-10H3. The summed E-state index contributed by atoms with van der Waals surface area (Å²) in [4.78, 5) is 23.7. The van der Waals surface area contributed by atoms with E-state index in [0.29, 0.717) is 83.8 Å². The van der Waals surface area contributed by atoms with Crippen molar-refractivity contribution in [2.24, 2.45) is 0 Å². The maximum absolute atomic E-state index is 12.0. The molecule has 0 aromatic carbocycles. The lowest BCUT2D eigenvalue weighted by molar-refractivity contribution is -0.151. The maximum atomic E-state index is 12.0. The molecule has 2 unspecified atom stereocenters. The van der Waals surface area contributed by atoms with Crippen molar-refractivity contribution in [1.82, 2.24) is 0 Å². The fourth-order valence-corrected chi connectivity index (χ4v) is 31.2. The fraction of sp³-hybridized carbons (Fsp3) is 0.864. The first kappa shape index (κ1) is 67.3. The molecule has 0 bridgehead atoms. The molecular weight excluding hydrogens is 953 g/mol. The molecule has 0 heterocycles. The smallest absolute Gasteiger partial charge is 0.333 e. The highest BCUT2D eigenvalue weighted by molar-refractivity contribution is 6.88. The predicted molar refractivity (Wildman–Crippen MR) is 278 cm³/mol. The van der Waals surface area contributed by atoms with E-state index in [0.717, 1.165) is 24.9 Å². The van der Waals surface area contributed by atoms with Gasteiger partial charge in [0.25, 0.3) is 0 Å². The Bertz CT molecular complexity index is 1290. The molecule has 0 amide bonds. The van der Waals surface area contributed by atoms with Gasteiger partial charge in [-0.1, -0.05) is 13.2 Å². The maximum Gasteiger partial charge on any atom is 0.333 e. The van der Waals surface area contributed by atoms with Crippen LogP contribution in [0.25, 0.3) is 0 Å². The van der Waals surface area contributed by atoms with E-state index in [2.05, 4.69) is 105 Å². The molecular formula is C44H96O16Si6. The molecule has 0 saturated carbocycles. The van der Waals surface area contributed by atoms with E-state index in [1.165, 1.54) is 0 Å². The summed E-state index contributed by atoms with van der Waals surface area (Å²) >= 11 is 0. The molecule has 66 heavy (non-hydrogen) atoms. The molecule has 2 atom stereocenters. The van der Waals surface area contributed by atoms with Crippen LogP contribution in [0.2, 0.25) is 104 Å². The average Bonchev–Trinajstić information content (AvgIpc) is 3.13. The third-order valence-corrected chi connectivity index (χ3v) is 27.3. The van der Waals surface area contributed by atoms with E-state index in [-0.39, 0.29) is 25.9 Å². The van der Waals surface area contributed by atoms with Crippen LogP contribution in [-0.4, -0.2) is 181 Å². The monoisotopic (exact) mass is 1050 g/mol. The van der Waals surface area contributed by atoms with Crippen molar-refractivity contribution >= 4 is 62.3 Å². The Morgan fingerprint density at radius 2 is 0.758 bits per heavy atom. The molecule has 0 fully saturated rings. The minimum atomic E-state index is -2.28. The SMILES string of the molecule is C=C(C)C(=O)OC(COCCC[Si](C)(O[Si](C)(C)C)O[Si](C)(C)C)COCCOCCOC.C=C(C)C(=O)OCC(COCCC[Si](C)(O[Si](C)(C)C)O[Si](C)(C)C)OCCOCCOC. The number of carbonyl (C=O) groups excluding carboxylic acids is 2. The van der Waals surface area contributed by atoms with Crippen molar-refractivity contribution < 1.29 is 73.4 Å². The summed E-state index contributed by atoms with van der Waals surface area (Å²) in [6.07, 6.45) is 0.788. The van der Waals surface area contributed by atoms with Crippen molar-refractivity contribution in [3.63, 3.8) is 0 Å². The van der Waals surface area contributed by atoms with Crippen LogP contribution in [0.5, 0.6) is 0 Å². The van der Waals surface area contributed by atoms with Crippen LogP contribution in [0.1, 0.15) is 26.7 Å². The van der Waals surface area contributed by atoms with E-state index < -0.39 is 68.4 Å². The molecule has 0 aromatic heterocycles. The van der Waals surface area contributed by atoms with E-state index in [1.54, 1.807) is 28.1 Å². The molecule has 22 heteroatoms. The van der Waals surface area contributed by atoms with E-state index in [1.807, 2.05) is 0 Å². The highest BCUT2D eigenvalue weighted by Gasteiger charge is 2.41. The molecule has 0 aliphatic carbocycles. The van der Waals surface area contributed by atoms with Gasteiger partial charge in [0.15, 0.2) is 33.3 Å². The summed E-state index contributed by atoms with van der Waals surface area (Å²) in [5.41, 5.74) is 0.697. The first-order valence-electron chi connectivity index (χ1n) is 23.3. The number of ether oxygens (including phenoxy) is 10. The Hall–Kier alpha value is -0.759. The lowest BCUT2D eigenvalue weighted by Gasteiger charge is -2.38. The zero-order valence-electron chi connectivity index (χ0n) is 44.8. The Labute approximate surface area is 407 Å². The van der Waals surface area contributed by atoms with Crippen LogP contribution in [0.3, 0.4) is 0 Å². The second kappa shape index (κ2) is 35.4. The van der Waals surface area contributed by atoms with Gasteiger partial charge >= 0.3 is 29.1 Å². The predicted octanol–water partition coefficient (Wildman–Crippen LogP) is 8.67. The Kier molecular flexibility index (Phi) is 36.1. The highest BCUT2D eigenvalue weighted by atomic mass is 28.5. The van der Waals surface area contributed by atoms with Crippen LogP contribution in [0.15, 0.2) is 24.3 Å². The van der Waals surface area contributed by atoms with Gasteiger partial charge in [0.05, 0.1) is 72.7 Å². The summed E-state index contributed by atoms with van der Waals surface area (Å²) in [7, 11) is -8.16. The molecule has 0 aliphatic rings. The third kappa shape index (κ3) is 43.3. The van der Waals surface area contributed by atoms with Crippen LogP contribution in [0.4, 0.5) is 0 Å². The van der Waals surface area contributed by atoms with E-state index in [4.69, 9.17) is 63.8 Å². The number of hydrogen-bond donors (Lipinski definition) is 0. The first-order chi connectivity index (χ1) is 30.3. The molecule has 16 nitrogen and oxygen atoms in total. The van der Waals surface area contributed by atoms with Crippen molar-refractivity contribution in [2.45, 2.75) is 143 Å². The van der Waals surface area contributed by atoms with Crippen LogP contribution in [0, 0.1) is 0 Å². The number of hydrogen-bond acceptors (Lipinski definition) is 16. The van der Waals surface area contributed by atoms with Gasteiger partial charge in [0.2, 0.25) is 0 Å². The summed E-state index contributed by atoms with van der Waals surface area (Å²) in [6, 6.07) is 1.75. The summed E-state index contributed by atoms with van der Waals surface area (Å²) < 4.78 is 80.6. The topological polar surface area (TPSA) is 163 Å². The lowest BCUT2D eigenvalue weighted by Crippen LogP contribution is -2.52. The van der Waals surface area contributed by atoms with Crippen molar-refractivity contribution in [2.75, 3.05) is 107 Å². The second-order valence-electron chi connectivity index (χ2n) is 20.4. The zero-order chi connectivity index (χ0) is 51.1. The molecule has 0 radical (unpaired) electrons.